The number of methoxy groups -OCH3 is 1. The molecule has 5 nitrogen and oxygen atoms in total. The normalized spacial score (nSPS) is 12.6. The summed E-state index contributed by atoms with van der Waals surface area (Å²) in [5.41, 5.74) is 2.66. The van der Waals surface area contributed by atoms with Crippen molar-refractivity contribution in [2.75, 3.05) is 7.11 Å². The van der Waals surface area contributed by atoms with Crippen molar-refractivity contribution in [2.24, 2.45) is 0 Å². The molecule has 2 aromatic carbocycles. The van der Waals surface area contributed by atoms with E-state index in [0.717, 1.165) is 5.56 Å². The van der Waals surface area contributed by atoms with E-state index in [1.54, 1.807) is 25.3 Å². The van der Waals surface area contributed by atoms with E-state index in [1.807, 2.05) is 31.2 Å². The van der Waals surface area contributed by atoms with Gasteiger partial charge >= 0.3 is 0 Å². The number of Topliss-reactive ketones (excluding diaryl/α,β-unsaturated/α-hetero) is 1. The number of nitrogens with one attached hydrogen (secondary N) is 1. The van der Waals surface area contributed by atoms with Crippen LogP contribution in [-0.4, -0.2) is 33.3 Å². The molecule has 0 spiro atoms. The van der Waals surface area contributed by atoms with Crippen LogP contribution in [-0.2, 0) is 5.41 Å². The summed E-state index contributed by atoms with van der Waals surface area (Å²) in [6, 6.07) is 13.1. The minimum Gasteiger partial charge on any atom is -0.496 e. The predicted octanol–water partition coefficient (Wildman–Crippen LogP) is 5.79. The number of nitrogens with zero attached hydrogens (tertiary/aromatic N) is 2. The molecule has 0 amide bonds. The predicted molar refractivity (Wildman–Crippen MR) is 118 cm³/mol. The lowest BCUT2D eigenvalue weighted by atomic mass is 9.86. The molecule has 29 heavy (non-hydrogen) atoms. The fourth-order valence-electron chi connectivity index (χ4n) is 2.87. The molecule has 0 bridgehead atoms. The second kappa shape index (κ2) is 8.59. The number of aromatic amines is 1. The number of rotatable bonds is 6. The summed E-state index contributed by atoms with van der Waals surface area (Å²) in [5, 5.41) is 7.89. The Hall–Kier alpha value is -2.31. The lowest BCUT2D eigenvalue weighted by Gasteiger charge is -2.19. The lowest BCUT2D eigenvalue weighted by molar-refractivity contribution is 0.0994. The number of hydrogen-bond acceptors (Lipinski definition) is 5. The van der Waals surface area contributed by atoms with E-state index in [1.165, 1.54) is 17.3 Å². The van der Waals surface area contributed by atoms with Gasteiger partial charge in [0.25, 0.3) is 0 Å². The smallest absolute Gasteiger partial charge is 0.209 e. The lowest BCUT2D eigenvalue weighted by Crippen LogP contribution is -2.15. The maximum Gasteiger partial charge on any atom is 0.209 e. The Morgan fingerprint density at radius 1 is 1.17 bits per heavy atom. The topological polar surface area (TPSA) is 67.9 Å². The standard InChI is InChI=1S/C22H24ClN3O2S/c1-13(19(27)14-6-8-15(9-7-14)22(2,3)4)29-21-24-20(25-26-21)17-12-16(23)10-11-18(17)28-5/h6-13H,1-5H3,(H,24,25,26). The van der Waals surface area contributed by atoms with Gasteiger partial charge in [-0.15, -0.1) is 5.10 Å². The number of thioether (sulfide) groups is 1. The third-order valence-corrected chi connectivity index (χ3v) is 5.76. The molecule has 3 rings (SSSR count). The number of aromatic nitrogens is 3. The van der Waals surface area contributed by atoms with Crippen LogP contribution in [0, 0.1) is 0 Å². The zero-order chi connectivity index (χ0) is 21.2. The Labute approximate surface area is 180 Å². The number of carbonyl (C=O) groups is 1. The van der Waals surface area contributed by atoms with Crippen LogP contribution in [0.1, 0.15) is 43.6 Å². The van der Waals surface area contributed by atoms with E-state index >= 15 is 0 Å². The van der Waals surface area contributed by atoms with Crippen LogP contribution in [0.2, 0.25) is 5.02 Å². The number of benzene rings is 2. The number of ether oxygens (including phenoxy) is 1. The van der Waals surface area contributed by atoms with Crippen LogP contribution in [0.4, 0.5) is 0 Å². The van der Waals surface area contributed by atoms with E-state index in [2.05, 4.69) is 36.0 Å². The van der Waals surface area contributed by atoms with Gasteiger partial charge in [0.1, 0.15) is 5.75 Å². The highest BCUT2D eigenvalue weighted by Crippen LogP contribution is 2.32. The summed E-state index contributed by atoms with van der Waals surface area (Å²) < 4.78 is 5.37. The molecule has 0 aliphatic carbocycles. The minimum absolute atomic E-state index is 0.0437. The third kappa shape index (κ3) is 5.00. The number of H-pyrrole nitrogens is 1. The van der Waals surface area contributed by atoms with Gasteiger partial charge in [0.05, 0.1) is 17.9 Å². The van der Waals surface area contributed by atoms with Gasteiger partial charge in [0.2, 0.25) is 5.16 Å². The van der Waals surface area contributed by atoms with Gasteiger partial charge in [0.15, 0.2) is 11.6 Å². The molecule has 1 heterocycles. The Morgan fingerprint density at radius 2 is 1.86 bits per heavy atom. The van der Waals surface area contributed by atoms with E-state index in [4.69, 9.17) is 16.3 Å². The summed E-state index contributed by atoms with van der Waals surface area (Å²) in [5.74, 6) is 1.23. The molecule has 0 fully saturated rings. The molecule has 0 saturated heterocycles. The van der Waals surface area contributed by atoms with Gasteiger partial charge in [0, 0.05) is 10.6 Å². The highest BCUT2D eigenvalue weighted by atomic mass is 35.5. The molecule has 0 saturated carbocycles. The SMILES string of the molecule is COc1ccc(Cl)cc1-c1nc(SC(C)C(=O)c2ccc(C(C)(C)C)cc2)n[nH]1. The van der Waals surface area contributed by atoms with E-state index in [9.17, 15) is 4.79 Å². The number of halogens is 1. The van der Waals surface area contributed by atoms with Crippen LogP contribution in [0.5, 0.6) is 5.75 Å². The molecule has 7 heteroatoms. The molecular formula is C22H24ClN3O2S. The number of carbonyl (C=O) groups excluding carboxylic acids is 1. The van der Waals surface area contributed by atoms with Crippen LogP contribution < -0.4 is 4.74 Å². The molecule has 1 N–H and O–H groups in total. The molecular weight excluding hydrogens is 406 g/mol. The second-order valence-electron chi connectivity index (χ2n) is 7.76. The van der Waals surface area contributed by atoms with Gasteiger partial charge in [-0.1, -0.05) is 68.4 Å². The maximum atomic E-state index is 12.8. The van der Waals surface area contributed by atoms with Crippen molar-refractivity contribution in [2.45, 2.75) is 43.5 Å². The van der Waals surface area contributed by atoms with Gasteiger partial charge in [-0.05, 0) is 36.1 Å². The Balaban J connectivity index is 1.74. The molecule has 1 aromatic heterocycles. The zero-order valence-corrected chi connectivity index (χ0v) is 18.7. The summed E-state index contributed by atoms with van der Waals surface area (Å²) in [6.07, 6.45) is 0. The Kier molecular flexibility index (Phi) is 6.34. The largest absolute Gasteiger partial charge is 0.496 e. The summed E-state index contributed by atoms with van der Waals surface area (Å²) in [6.45, 7) is 8.31. The first-order chi connectivity index (χ1) is 13.7. The van der Waals surface area contributed by atoms with Crippen molar-refractivity contribution in [1.29, 1.82) is 0 Å². The fraction of sp³-hybridized carbons (Fsp3) is 0.318. The van der Waals surface area contributed by atoms with E-state index in [0.29, 0.717) is 27.3 Å². The number of hydrogen-bond donors (Lipinski definition) is 1. The zero-order valence-electron chi connectivity index (χ0n) is 17.1. The quantitative estimate of drug-likeness (QED) is 0.396. The molecule has 152 valence electrons. The molecule has 0 aliphatic heterocycles. The molecule has 0 aliphatic rings. The van der Waals surface area contributed by atoms with E-state index < -0.39 is 0 Å². The van der Waals surface area contributed by atoms with Crippen molar-refractivity contribution in [3.05, 3.63) is 58.6 Å². The minimum atomic E-state index is -0.319. The molecule has 1 unspecified atom stereocenters. The Morgan fingerprint density at radius 3 is 2.48 bits per heavy atom. The first kappa shape index (κ1) is 21.4. The van der Waals surface area contributed by atoms with E-state index in [-0.39, 0.29) is 16.4 Å². The molecule has 3 aromatic rings. The fourth-order valence-corrected chi connectivity index (χ4v) is 3.84. The molecule has 0 radical (unpaired) electrons. The van der Waals surface area contributed by atoms with Crippen LogP contribution in [0.15, 0.2) is 47.6 Å². The van der Waals surface area contributed by atoms with Gasteiger partial charge in [-0.3, -0.25) is 9.89 Å². The molecule has 1 atom stereocenters. The summed E-state index contributed by atoms with van der Waals surface area (Å²) in [7, 11) is 1.59. The summed E-state index contributed by atoms with van der Waals surface area (Å²) >= 11 is 7.41. The third-order valence-electron chi connectivity index (χ3n) is 4.57. The van der Waals surface area contributed by atoms with Crippen molar-refractivity contribution < 1.29 is 9.53 Å². The van der Waals surface area contributed by atoms with Gasteiger partial charge in [-0.2, -0.15) is 0 Å². The average Bonchev–Trinajstić information content (AvgIpc) is 3.15. The first-order valence-electron chi connectivity index (χ1n) is 9.27. The van der Waals surface area contributed by atoms with Crippen LogP contribution in [0.25, 0.3) is 11.4 Å². The Bertz CT molecular complexity index is 1010. The maximum absolute atomic E-state index is 12.8. The van der Waals surface area contributed by atoms with Crippen molar-refractivity contribution in [3.63, 3.8) is 0 Å². The van der Waals surface area contributed by atoms with Gasteiger partial charge < -0.3 is 4.74 Å². The second-order valence-corrected chi connectivity index (χ2v) is 9.51. The highest BCUT2D eigenvalue weighted by Gasteiger charge is 2.21. The average molecular weight is 430 g/mol. The first-order valence-corrected chi connectivity index (χ1v) is 10.5. The monoisotopic (exact) mass is 429 g/mol. The van der Waals surface area contributed by atoms with Crippen molar-refractivity contribution in [3.8, 4) is 17.1 Å². The number of ketones is 1. The summed E-state index contributed by atoms with van der Waals surface area (Å²) in [4.78, 5) is 17.3. The van der Waals surface area contributed by atoms with Crippen LogP contribution in [0.3, 0.4) is 0 Å². The van der Waals surface area contributed by atoms with Crippen LogP contribution >= 0.6 is 23.4 Å². The van der Waals surface area contributed by atoms with Crippen molar-refractivity contribution >= 4 is 29.1 Å². The van der Waals surface area contributed by atoms with Crippen molar-refractivity contribution in [1.82, 2.24) is 15.2 Å². The highest BCUT2D eigenvalue weighted by molar-refractivity contribution is 8.00. The van der Waals surface area contributed by atoms with Gasteiger partial charge in [-0.25, -0.2) is 4.98 Å².